The van der Waals surface area contributed by atoms with E-state index in [9.17, 15) is 19.8 Å². The molecule has 2 fully saturated rings. The Bertz CT molecular complexity index is 395. The van der Waals surface area contributed by atoms with Gasteiger partial charge >= 0.3 is 12.0 Å². The average Bonchev–Trinajstić information content (AvgIpc) is 2.36. The number of carbonyl (C=O) groups is 2. The van der Waals surface area contributed by atoms with Crippen molar-refractivity contribution in [3.8, 4) is 0 Å². The summed E-state index contributed by atoms with van der Waals surface area (Å²) in [5.41, 5.74) is -1.09. The van der Waals surface area contributed by atoms with Gasteiger partial charge in [0.2, 0.25) is 0 Å². The van der Waals surface area contributed by atoms with E-state index in [1.54, 1.807) is 18.9 Å². The third kappa shape index (κ3) is 2.75. The van der Waals surface area contributed by atoms with Crippen LogP contribution in [-0.2, 0) is 4.79 Å². The van der Waals surface area contributed by atoms with Crippen molar-refractivity contribution < 1.29 is 19.8 Å². The van der Waals surface area contributed by atoms with Crippen molar-refractivity contribution in [2.75, 3.05) is 20.1 Å². The molecule has 1 aliphatic heterocycles. The second kappa shape index (κ2) is 5.60. The molecule has 0 aromatic carbocycles. The summed E-state index contributed by atoms with van der Waals surface area (Å²) >= 11 is 0. The Morgan fingerprint density at radius 1 is 1.35 bits per heavy atom. The van der Waals surface area contributed by atoms with E-state index >= 15 is 0 Å². The van der Waals surface area contributed by atoms with Gasteiger partial charge in [-0.05, 0) is 44.9 Å². The van der Waals surface area contributed by atoms with Crippen molar-refractivity contribution in [1.29, 1.82) is 0 Å². The number of aliphatic carboxylic acids is 1. The summed E-state index contributed by atoms with van der Waals surface area (Å²) in [4.78, 5) is 27.1. The molecule has 0 spiro atoms. The molecule has 114 valence electrons. The van der Waals surface area contributed by atoms with Gasteiger partial charge in [-0.15, -0.1) is 0 Å². The van der Waals surface area contributed by atoms with Gasteiger partial charge in [0.05, 0.1) is 6.10 Å². The van der Waals surface area contributed by atoms with Gasteiger partial charge in [0, 0.05) is 20.1 Å². The molecular weight excluding hydrogens is 260 g/mol. The number of hydrogen-bond acceptors (Lipinski definition) is 3. The Morgan fingerprint density at radius 2 is 2.00 bits per heavy atom. The molecule has 2 aliphatic rings. The summed E-state index contributed by atoms with van der Waals surface area (Å²) in [6.07, 6.45) is 3.42. The van der Waals surface area contributed by atoms with E-state index in [2.05, 4.69) is 0 Å². The molecule has 20 heavy (non-hydrogen) atoms. The molecule has 1 aliphatic carbocycles. The number of aliphatic hydroxyl groups is 1. The first-order chi connectivity index (χ1) is 9.34. The number of urea groups is 1. The predicted molar refractivity (Wildman–Crippen MR) is 73.4 cm³/mol. The standard InChI is InChI=1S/C14H24N2O4/c1-14(12(18)19)5-3-4-6-16(14)13(20)15(2)9-10-7-11(17)8-10/h10-11,17H,3-9H2,1-2H3,(H,18,19). The molecule has 2 rings (SSSR count). The summed E-state index contributed by atoms with van der Waals surface area (Å²) in [6, 6.07) is -0.212. The molecule has 6 heteroatoms. The van der Waals surface area contributed by atoms with Crippen molar-refractivity contribution in [1.82, 2.24) is 9.80 Å². The van der Waals surface area contributed by atoms with E-state index in [0.717, 1.165) is 25.7 Å². The van der Waals surface area contributed by atoms with Crippen molar-refractivity contribution in [2.24, 2.45) is 5.92 Å². The fraction of sp³-hybridized carbons (Fsp3) is 0.857. The summed E-state index contributed by atoms with van der Waals surface area (Å²) in [7, 11) is 1.71. The van der Waals surface area contributed by atoms with Crippen molar-refractivity contribution in [2.45, 2.75) is 50.7 Å². The Balaban J connectivity index is 2.00. The zero-order chi connectivity index (χ0) is 14.9. The van der Waals surface area contributed by atoms with Crippen LogP contribution >= 0.6 is 0 Å². The molecule has 1 saturated carbocycles. The summed E-state index contributed by atoms with van der Waals surface area (Å²) in [5.74, 6) is -0.599. The number of amides is 2. The zero-order valence-electron chi connectivity index (χ0n) is 12.2. The summed E-state index contributed by atoms with van der Waals surface area (Å²) < 4.78 is 0. The van der Waals surface area contributed by atoms with Gasteiger partial charge in [-0.2, -0.15) is 0 Å². The minimum atomic E-state index is -1.09. The lowest BCUT2D eigenvalue weighted by atomic mass is 9.82. The van der Waals surface area contributed by atoms with E-state index in [-0.39, 0.29) is 12.1 Å². The lowest BCUT2D eigenvalue weighted by Gasteiger charge is -2.44. The number of piperidine rings is 1. The van der Waals surface area contributed by atoms with Crippen molar-refractivity contribution in [3.05, 3.63) is 0 Å². The second-order valence-electron chi connectivity index (χ2n) is 6.34. The highest BCUT2D eigenvalue weighted by molar-refractivity contribution is 5.86. The van der Waals surface area contributed by atoms with E-state index in [1.807, 2.05) is 0 Å². The normalized spacial score (nSPS) is 33.5. The largest absolute Gasteiger partial charge is 0.480 e. The zero-order valence-corrected chi connectivity index (χ0v) is 12.2. The van der Waals surface area contributed by atoms with Crippen LogP contribution in [0, 0.1) is 5.92 Å². The van der Waals surface area contributed by atoms with Gasteiger partial charge in [0.25, 0.3) is 0 Å². The number of nitrogens with zero attached hydrogens (tertiary/aromatic N) is 2. The first kappa shape index (κ1) is 15.1. The topological polar surface area (TPSA) is 81.1 Å². The Hall–Kier alpha value is -1.30. The van der Waals surface area contributed by atoms with Crippen molar-refractivity contribution >= 4 is 12.0 Å². The van der Waals surface area contributed by atoms with Crippen LogP contribution < -0.4 is 0 Å². The molecule has 1 unspecified atom stereocenters. The van der Waals surface area contributed by atoms with Crippen LogP contribution in [0.5, 0.6) is 0 Å². The van der Waals surface area contributed by atoms with Crippen LogP contribution in [0.25, 0.3) is 0 Å². The fourth-order valence-electron chi connectivity index (χ4n) is 3.17. The maximum atomic E-state index is 12.5. The van der Waals surface area contributed by atoms with Crippen LogP contribution in [-0.4, -0.2) is 63.8 Å². The number of carboxylic acids is 1. The van der Waals surface area contributed by atoms with Crippen LogP contribution in [0.15, 0.2) is 0 Å². The third-order valence-electron chi connectivity index (χ3n) is 4.65. The van der Waals surface area contributed by atoms with Crippen LogP contribution in [0.4, 0.5) is 4.79 Å². The number of likely N-dealkylation sites (tertiary alicyclic amines) is 1. The van der Waals surface area contributed by atoms with Crippen LogP contribution in [0.1, 0.15) is 39.0 Å². The van der Waals surface area contributed by atoms with Crippen LogP contribution in [0.3, 0.4) is 0 Å². The Morgan fingerprint density at radius 3 is 2.55 bits per heavy atom. The Labute approximate surface area is 119 Å². The van der Waals surface area contributed by atoms with Gasteiger partial charge in [-0.3, -0.25) is 0 Å². The van der Waals surface area contributed by atoms with E-state index < -0.39 is 11.5 Å². The minimum Gasteiger partial charge on any atom is -0.480 e. The fourth-order valence-corrected chi connectivity index (χ4v) is 3.17. The lowest BCUT2D eigenvalue weighted by molar-refractivity contribution is -0.150. The second-order valence-corrected chi connectivity index (χ2v) is 6.34. The average molecular weight is 284 g/mol. The molecule has 0 aromatic rings. The molecule has 1 heterocycles. The highest BCUT2D eigenvalue weighted by Crippen LogP contribution is 2.31. The number of hydrogen-bond donors (Lipinski definition) is 2. The number of aliphatic hydroxyl groups excluding tert-OH is 1. The SMILES string of the molecule is CN(CC1CC(O)C1)C(=O)N1CCCCC1(C)C(=O)O. The molecule has 1 atom stereocenters. The van der Waals surface area contributed by atoms with Crippen LogP contribution in [0.2, 0.25) is 0 Å². The van der Waals surface area contributed by atoms with Gasteiger partial charge in [-0.1, -0.05) is 0 Å². The maximum Gasteiger partial charge on any atom is 0.329 e. The molecule has 0 bridgehead atoms. The predicted octanol–water partition coefficient (Wildman–Crippen LogP) is 1.14. The summed E-state index contributed by atoms with van der Waals surface area (Å²) in [6.45, 7) is 2.72. The van der Waals surface area contributed by atoms with Crippen molar-refractivity contribution in [3.63, 3.8) is 0 Å². The minimum absolute atomic E-state index is 0.212. The highest BCUT2D eigenvalue weighted by Gasteiger charge is 2.45. The smallest absolute Gasteiger partial charge is 0.329 e. The van der Waals surface area contributed by atoms with E-state index in [1.165, 1.54) is 4.90 Å². The third-order valence-corrected chi connectivity index (χ3v) is 4.65. The quantitative estimate of drug-likeness (QED) is 0.814. The molecule has 2 amide bonds. The molecule has 0 radical (unpaired) electrons. The first-order valence-corrected chi connectivity index (χ1v) is 7.29. The Kier molecular flexibility index (Phi) is 4.22. The molecule has 1 saturated heterocycles. The first-order valence-electron chi connectivity index (χ1n) is 7.29. The van der Waals surface area contributed by atoms with Gasteiger partial charge < -0.3 is 20.0 Å². The van der Waals surface area contributed by atoms with E-state index in [4.69, 9.17) is 0 Å². The number of carboxylic acid groups (broad SMARTS) is 1. The van der Waals surface area contributed by atoms with E-state index in [0.29, 0.717) is 25.4 Å². The van der Waals surface area contributed by atoms with Gasteiger partial charge in [0.15, 0.2) is 0 Å². The van der Waals surface area contributed by atoms with Gasteiger partial charge in [0.1, 0.15) is 5.54 Å². The summed E-state index contributed by atoms with van der Waals surface area (Å²) in [5, 5.41) is 18.7. The van der Waals surface area contributed by atoms with Gasteiger partial charge in [-0.25, -0.2) is 9.59 Å². The number of carbonyl (C=O) groups excluding carboxylic acids is 1. The lowest BCUT2D eigenvalue weighted by Crippen LogP contribution is -2.60. The molecule has 0 aromatic heterocycles. The molecule has 2 N–H and O–H groups in total. The molecular formula is C14H24N2O4. The number of rotatable bonds is 3. The monoisotopic (exact) mass is 284 g/mol. The maximum absolute atomic E-state index is 12.5. The highest BCUT2D eigenvalue weighted by atomic mass is 16.4. The molecule has 6 nitrogen and oxygen atoms in total.